The van der Waals surface area contributed by atoms with Crippen molar-refractivity contribution < 1.29 is 27.5 Å². The van der Waals surface area contributed by atoms with Crippen LogP contribution < -0.4 is 10.1 Å². The minimum Gasteiger partial charge on any atom is -0.472 e. The summed E-state index contributed by atoms with van der Waals surface area (Å²) in [6.45, 7) is 13.7. The number of hydrogen-bond acceptors (Lipinski definition) is 7. The van der Waals surface area contributed by atoms with Gasteiger partial charge in [0.25, 0.3) is 0 Å². The first-order chi connectivity index (χ1) is 19.7. The van der Waals surface area contributed by atoms with Crippen molar-refractivity contribution in [2.45, 2.75) is 83.2 Å². The van der Waals surface area contributed by atoms with Gasteiger partial charge in [0.2, 0.25) is 17.7 Å². The lowest BCUT2D eigenvalue weighted by molar-refractivity contribution is -0.144. The molecule has 2 saturated carbocycles. The van der Waals surface area contributed by atoms with Crippen molar-refractivity contribution in [1.29, 1.82) is 0 Å². The first-order valence-corrected chi connectivity index (χ1v) is 16.4. The largest absolute Gasteiger partial charge is 0.472 e. The summed E-state index contributed by atoms with van der Waals surface area (Å²) in [4.78, 5) is 47.1. The van der Waals surface area contributed by atoms with Crippen molar-refractivity contribution >= 4 is 38.2 Å². The van der Waals surface area contributed by atoms with E-state index in [9.17, 15) is 22.8 Å². The number of fused-ring (bicyclic) bond motifs is 1. The van der Waals surface area contributed by atoms with Gasteiger partial charge in [-0.05, 0) is 48.6 Å². The predicted octanol–water partition coefficient (Wildman–Crippen LogP) is 3.78. The Morgan fingerprint density at radius 3 is 2.57 bits per heavy atom. The van der Waals surface area contributed by atoms with Crippen LogP contribution in [0.1, 0.15) is 58.9 Å². The molecule has 1 N–H and O–H groups in total. The molecule has 226 valence electrons. The zero-order valence-electron chi connectivity index (χ0n) is 25.1. The summed E-state index contributed by atoms with van der Waals surface area (Å²) in [5.41, 5.74) is -0.661. The van der Waals surface area contributed by atoms with Crippen LogP contribution >= 0.6 is 0 Å². The molecule has 0 bridgehead atoms. The molecule has 3 aliphatic rings. The fourth-order valence-corrected chi connectivity index (χ4v) is 7.59. The Balaban J connectivity index is 1.40. The Morgan fingerprint density at radius 2 is 1.95 bits per heavy atom. The highest BCUT2D eigenvalue weighted by atomic mass is 32.2. The van der Waals surface area contributed by atoms with Crippen LogP contribution in [0.3, 0.4) is 0 Å². The molecular weight excluding hydrogens is 554 g/mol. The monoisotopic (exact) mass is 595 g/mol. The molecule has 0 spiro atoms. The van der Waals surface area contributed by atoms with E-state index in [4.69, 9.17) is 4.74 Å². The molecular formula is C32H41N3O6S. The van der Waals surface area contributed by atoms with Crippen molar-refractivity contribution in [3.05, 3.63) is 48.7 Å². The number of hydrogen-bond donors (Lipinski definition) is 1. The molecule has 2 amide bonds. The number of nitrogens with zero attached hydrogens (tertiary/aromatic N) is 2. The van der Waals surface area contributed by atoms with Crippen LogP contribution in [0.4, 0.5) is 0 Å². The second-order valence-corrected chi connectivity index (χ2v) is 15.6. The smallest absolute Gasteiger partial charge is 0.243 e. The third-order valence-corrected chi connectivity index (χ3v) is 11.4. The molecule has 10 heteroatoms. The van der Waals surface area contributed by atoms with Crippen molar-refractivity contribution in [2.24, 2.45) is 17.3 Å². The number of carbonyl (C=O) groups excluding carboxylic acids is 3. The van der Waals surface area contributed by atoms with Crippen LogP contribution in [-0.4, -0.2) is 71.1 Å². The first-order valence-electron chi connectivity index (χ1n) is 14.7. The second kappa shape index (κ2) is 10.8. The Morgan fingerprint density at radius 1 is 1.24 bits per heavy atom. The number of amides is 2. The van der Waals surface area contributed by atoms with Gasteiger partial charge in [-0.2, -0.15) is 0 Å². The molecule has 3 fully saturated rings. The number of carbonyl (C=O) groups is 3. The molecule has 1 aromatic carbocycles. The van der Waals surface area contributed by atoms with Crippen molar-refractivity contribution in [3.8, 4) is 5.88 Å². The molecule has 2 aromatic rings. The Kier molecular flexibility index (Phi) is 7.75. The molecule has 42 heavy (non-hydrogen) atoms. The molecule has 2 aliphatic carbocycles. The number of benzene rings is 1. The van der Waals surface area contributed by atoms with Gasteiger partial charge in [0.05, 0.1) is 11.8 Å². The normalized spacial score (nSPS) is 26.5. The maximum atomic E-state index is 13.9. The standard InChI is InChI=1S/C32H41N3O6S/c1-7-22-16-32(22,26(36)18-42(39,40)24-11-12-24)34-28(37)25-15-23(17-35(25)30(38)20(3)31(4,5)6)41-29-27-19(2)9-8-10-21(27)13-14-33-29/h7-10,13-14,20,22-25H,1,11-12,15-18H2,2-6H3,(H,34,37)/t20-,22-,23-,25+,32-/m1/s1. The van der Waals surface area contributed by atoms with Gasteiger partial charge in [-0.25, -0.2) is 13.4 Å². The van der Waals surface area contributed by atoms with E-state index in [0.29, 0.717) is 25.1 Å². The lowest BCUT2D eigenvalue weighted by atomic mass is 9.81. The Labute approximate surface area is 248 Å². The topological polar surface area (TPSA) is 123 Å². The van der Waals surface area contributed by atoms with Gasteiger partial charge in [0, 0.05) is 29.8 Å². The number of rotatable bonds is 10. The summed E-state index contributed by atoms with van der Waals surface area (Å²) in [6.07, 6.45) is 4.39. The molecule has 0 unspecified atom stereocenters. The van der Waals surface area contributed by atoms with Crippen LogP contribution in [-0.2, 0) is 24.2 Å². The Hall–Kier alpha value is -3.27. The third kappa shape index (κ3) is 5.70. The summed E-state index contributed by atoms with van der Waals surface area (Å²) in [6, 6.07) is 6.95. The number of likely N-dealkylation sites (tertiary alicyclic amines) is 1. The van der Waals surface area contributed by atoms with Gasteiger partial charge in [-0.3, -0.25) is 14.4 Å². The number of nitrogens with one attached hydrogen (secondary N) is 1. The number of Topliss-reactive ketones (excluding diaryl/α,β-unsaturated/α-hetero) is 1. The summed E-state index contributed by atoms with van der Waals surface area (Å²) in [7, 11) is -3.56. The summed E-state index contributed by atoms with van der Waals surface area (Å²) < 4.78 is 31.6. The highest BCUT2D eigenvalue weighted by Crippen LogP contribution is 2.46. The van der Waals surface area contributed by atoms with E-state index in [1.54, 1.807) is 17.2 Å². The van der Waals surface area contributed by atoms with Gasteiger partial charge >= 0.3 is 0 Å². The van der Waals surface area contributed by atoms with Crippen LogP contribution in [0, 0.1) is 24.2 Å². The molecule has 0 radical (unpaired) electrons. The van der Waals surface area contributed by atoms with Crippen molar-refractivity contribution in [1.82, 2.24) is 15.2 Å². The zero-order valence-corrected chi connectivity index (χ0v) is 25.9. The number of ketones is 1. The highest BCUT2D eigenvalue weighted by Gasteiger charge is 2.61. The molecule has 1 aromatic heterocycles. The maximum absolute atomic E-state index is 13.9. The van der Waals surface area contributed by atoms with Crippen molar-refractivity contribution in [2.75, 3.05) is 12.3 Å². The number of aryl methyl sites for hydroxylation is 1. The Bertz CT molecular complexity index is 1540. The zero-order chi connectivity index (χ0) is 30.6. The average molecular weight is 596 g/mol. The minimum absolute atomic E-state index is 0.177. The van der Waals surface area contributed by atoms with Gasteiger partial charge < -0.3 is 15.0 Å². The highest BCUT2D eigenvalue weighted by molar-refractivity contribution is 7.93. The molecule has 9 nitrogen and oxygen atoms in total. The molecule has 1 aliphatic heterocycles. The van der Waals surface area contributed by atoms with E-state index in [2.05, 4.69) is 16.9 Å². The maximum Gasteiger partial charge on any atom is 0.243 e. The summed E-state index contributed by atoms with van der Waals surface area (Å²) in [5, 5.41) is 4.27. The average Bonchev–Trinajstić information content (AvgIpc) is 3.84. The number of sulfone groups is 1. The minimum atomic E-state index is -3.56. The summed E-state index contributed by atoms with van der Waals surface area (Å²) in [5.74, 6) is -2.09. The molecule has 5 rings (SSSR count). The van der Waals surface area contributed by atoms with E-state index in [1.807, 2.05) is 58.9 Å². The SMILES string of the molecule is C=C[C@@H]1C[C@]1(NC(=O)[C@@H]1C[C@@H](Oc2nccc3cccc(C)c23)CN1C(=O)[C@@H](C)C(C)(C)C)C(=O)CS(=O)(=O)C1CC1. The second-order valence-electron chi connectivity index (χ2n) is 13.3. The van der Waals surface area contributed by atoms with Gasteiger partial charge in [-0.1, -0.05) is 52.0 Å². The first kappa shape index (κ1) is 30.2. The molecule has 2 heterocycles. The van der Waals surface area contributed by atoms with Gasteiger partial charge in [0.15, 0.2) is 15.6 Å². The van der Waals surface area contributed by atoms with E-state index in [0.717, 1.165) is 16.3 Å². The summed E-state index contributed by atoms with van der Waals surface area (Å²) >= 11 is 0. The molecule has 1 saturated heterocycles. The molecule has 5 atom stereocenters. The van der Waals surface area contributed by atoms with E-state index in [-0.39, 0.29) is 36.1 Å². The van der Waals surface area contributed by atoms with E-state index < -0.39 is 50.2 Å². The van der Waals surface area contributed by atoms with Gasteiger partial charge in [0.1, 0.15) is 23.4 Å². The fraction of sp³-hybridized carbons (Fsp3) is 0.562. The van der Waals surface area contributed by atoms with Crippen LogP contribution in [0.2, 0.25) is 0 Å². The van der Waals surface area contributed by atoms with Crippen molar-refractivity contribution in [3.63, 3.8) is 0 Å². The van der Waals surface area contributed by atoms with E-state index in [1.165, 1.54) is 0 Å². The third-order valence-electron chi connectivity index (χ3n) is 9.27. The number of aromatic nitrogens is 1. The van der Waals surface area contributed by atoms with Crippen LogP contribution in [0.25, 0.3) is 10.8 Å². The predicted molar refractivity (Wildman–Crippen MR) is 161 cm³/mol. The van der Waals surface area contributed by atoms with Crippen LogP contribution in [0.5, 0.6) is 5.88 Å². The van der Waals surface area contributed by atoms with Gasteiger partial charge in [-0.15, -0.1) is 6.58 Å². The van der Waals surface area contributed by atoms with E-state index >= 15 is 0 Å². The fourth-order valence-electron chi connectivity index (χ4n) is 5.88. The quantitative estimate of drug-likeness (QED) is 0.415. The lowest BCUT2D eigenvalue weighted by Crippen LogP contribution is -2.55. The number of pyridine rings is 1. The lowest BCUT2D eigenvalue weighted by Gasteiger charge is -2.33. The van der Waals surface area contributed by atoms with Crippen LogP contribution in [0.15, 0.2) is 43.1 Å². The number of ether oxygens (including phenoxy) is 1.